The first-order valence-corrected chi connectivity index (χ1v) is 28.6. The first-order chi connectivity index (χ1) is 31.8. The van der Waals surface area contributed by atoms with Crippen molar-refractivity contribution in [3.05, 3.63) is 0 Å². The Morgan fingerprint density at radius 3 is 1.84 bits per heavy atom. The van der Waals surface area contributed by atoms with Crippen LogP contribution >= 0.6 is 0 Å². The number of hydrogen-bond acceptors (Lipinski definition) is 11. The standard InChI is InChI=1S/C36H60N6O7S.C12H20N2O3S/c1-8-9-13-25(28(43)31(45)37-22-14-15-22)38-30(44)27-26-24(35(26,5)6)20-42(27)32(46)29(34(2,3)4)39-33(47)40-36(18-11-10-12-19-36)21-50(48,49)41(7)23-16-17-23;1-14(11-5-6-11)18(16,17)9-12(13-10-15)7-3-2-4-8-12/h22-27,29H,8-21H2,1-7H3,(H,37,45)(H,38,44)(H2,39,40,47);11H,2-9H2,1H3/t24-,25-,26-,27-,29+;/m0./s1. The molecule has 1 aliphatic heterocycles. The summed E-state index contributed by atoms with van der Waals surface area (Å²) in [4.78, 5) is 84.3. The molecule has 1 saturated heterocycles. The van der Waals surface area contributed by atoms with Crippen molar-refractivity contribution in [2.45, 2.75) is 211 Å². The van der Waals surface area contributed by atoms with E-state index in [1.165, 1.54) is 8.61 Å². The molecule has 20 heteroatoms. The molecule has 0 aromatic heterocycles. The molecular weight excluding hydrogens is 913 g/mol. The zero-order valence-electron chi connectivity index (χ0n) is 41.9. The molecule has 7 aliphatic rings. The number of rotatable bonds is 20. The summed E-state index contributed by atoms with van der Waals surface area (Å²) in [5, 5.41) is 11.5. The maximum Gasteiger partial charge on any atom is 0.315 e. The lowest BCUT2D eigenvalue weighted by Crippen LogP contribution is -2.64. The highest BCUT2D eigenvalue weighted by Gasteiger charge is 2.70. The molecule has 0 spiro atoms. The smallest absolute Gasteiger partial charge is 0.315 e. The van der Waals surface area contributed by atoms with E-state index in [9.17, 15) is 45.6 Å². The number of carbonyl (C=O) groups is 5. The van der Waals surface area contributed by atoms with Crippen LogP contribution in [0.25, 0.3) is 0 Å². The van der Waals surface area contributed by atoms with Crippen LogP contribution < -0.4 is 21.3 Å². The molecule has 0 unspecified atom stereocenters. The average Bonchev–Trinajstić information content (AvgIpc) is 4.06. The summed E-state index contributed by atoms with van der Waals surface area (Å²) in [6.07, 6.45) is 16.5. The molecule has 0 radical (unpaired) electrons. The number of hydrogen-bond donors (Lipinski definition) is 4. The number of urea groups is 1. The molecule has 7 rings (SSSR count). The van der Waals surface area contributed by atoms with Crippen LogP contribution in [0.4, 0.5) is 4.79 Å². The van der Waals surface area contributed by atoms with Gasteiger partial charge in [0, 0.05) is 38.8 Å². The van der Waals surface area contributed by atoms with Crippen molar-refractivity contribution < 1.29 is 45.6 Å². The van der Waals surface area contributed by atoms with E-state index >= 15 is 0 Å². The number of Topliss-reactive ketones (excluding diaryl/α,β-unsaturated/α-hetero) is 1. The van der Waals surface area contributed by atoms with Crippen LogP contribution in [-0.2, 0) is 44.0 Å². The summed E-state index contributed by atoms with van der Waals surface area (Å²) in [7, 11) is -3.70. The molecule has 5 atom stereocenters. The zero-order valence-corrected chi connectivity index (χ0v) is 43.5. The minimum absolute atomic E-state index is 0.00504. The third kappa shape index (κ3) is 13.1. The molecule has 0 aromatic carbocycles. The third-order valence-corrected chi connectivity index (χ3v) is 20.1. The Balaban J connectivity index is 0.000000352. The highest BCUT2D eigenvalue weighted by Crippen LogP contribution is 2.65. The van der Waals surface area contributed by atoms with Crippen molar-refractivity contribution in [3.8, 4) is 0 Å². The second-order valence-electron chi connectivity index (χ2n) is 22.9. The molecule has 7 fully saturated rings. The molecule has 0 aromatic rings. The van der Waals surface area contributed by atoms with Gasteiger partial charge in [-0.3, -0.25) is 19.2 Å². The van der Waals surface area contributed by atoms with Gasteiger partial charge in [0.2, 0.25) is 43.7 Å². The van der Waals surface area contributed by atoms with Gasteiger partial charge in [0.1, 0.15) is 12.1 Å². The van der Waals surface area contributed by atoms with Crippen molar-refractivity contribution in [2.75, 3.05) is 32.1 Å². The fraction of sp³-hybridized carbons (Fsp3) is 0.875. The van der Waals surface area contributed by atoms with E-state index in [-0.39, 0.29) is 46.9 Å². The van der Waals surface area contributed by atoms with Crippen LogP contribution in [0.3, 0.4) is 0 Å². The van der Waals surface area contributed by atoms with Gasteiger partial charge >= 0.3 is 6.03 Å². The van der Waals surface area contributed by atoms with E-state index in [1.807, 2.05) is 27.7 Å². The molecular formula is C48H80N8O10S2. The summed E-state index contributed by atoms with van der Waals surface area (Å²) in [6.45, 7) is 12.0. The fourth-order valence-electron chi connectivity index (χ4n) is 11.0. The van der Waals surface area contributed by atoms with Crippen molar-refractivity contribution >= 4 is 55.7 Å². The fourth-order valence-corrected chi connectivity index (χ4v) is 14.8. The van der Waals surface area contributed by atoms with Gasteiger partial charge in [0.25, 0.3) is 5.91 Å². The van der Waals surface area contributed by atoms with Gasteiger partial charge in [-0.15, -0.1) is 0 Å². The lowest BCUT2D eigenvalue weighted by atomic mass is 9.83. The van der Waals surface area contributed by atoms with Gasteiger partial charge in [0.15, 0.2) is 0 Å². The van der Waals surface area contributed by atoms with E-state index in [0.29, 0.717) is 45.1 Å². The van der Waals surface area contributed by atoms with E-state index in [2.05, 4.69) is 40.1 Å². The lowest BCUT2D eigenvalue weighted by molar-refractivity contribution is -0.145. The number of fused-ring (bicyclic) bond motifs is 1. The van der Waals surface area contributed by atoms with Gasteiger partial charge in [-0.25, -0.2) is 35.0 Å². The van der Waals surface area contributed by atoms with Crippen LogP contribution in [0.2, 0.25) is 0 Å². The normalized spacial score (nSPS) is 25.9. The molecule has 0 bridgehead atoms. The maximum atomic E-state index is 14.5. The molecule has 6 aliphatic carbocycles. The molecule has 6 saturated carbocycles. The summed E-state index contributed by atoms with van der Waals surface area (Å²) >= 11 is 0. The molecule has 4 N–H and O–H groups in total. The van der Waals surface area contributed by atoms with Crippen molar-refractivity contribution in [3.63, 3.8) is 0 Å². The third-order valence-electron chi connectivity index (χ3n) is 15.9. The van der Waals surface area contributed by atoms with E-state index in [1.54, 1.807) is 25.1 Å². The number of nitrogens with one attached hydrogen (secondary N) is 4. The summed E-state index contributed by atoms with van der Waals surface area (Å²) in [6, 6.07) is -3.31. The molecule has 68 heavy (non-hydrogen) atoms. The monoisotopic (exact) mass is 993 g/mol. The second kappa shape index (κ2) is 21.1. The van der Waals surface area contributed by atoms with E-state index < -0.39 is 84.2 Å². The first-order valence-electron chi connectivity index (χ1n) is 25.3. The Morgan fingerprint density at radius 2 is 1.34 bits per heavy atom. The predicted octanol–water partition coefficient (Wildman–Crippen LogP) is 4.28. The number of carbonyl (C=O) groups excluding carboxylic acids is 6. The number of amides is 5. The molecule has 18 nitrogen and oxygen atoms in total. The van der Waals surface area contributed by atoms with Crippen molar-refractivity contribution in [1.29, 1.82) is 0 Å². The molecule has 1 heterocycles. The topological polar surface area (TPSA) is 241 Å². The summed E-state index contributed by atoms with van der Waals surface area (Å²) in [5.41, 5.74) is -2.62. The van der Waals surface area contributed by atoms with Gasteiger partial charge in [-0.2, -0.15) is 4.99 Å². The van der Waals surface area contributed by atoms with Gasteiger partial charge in [-0.05, 0) is 93.3 Å². The highest BCUT2D eigenvalue weighted by molar-refractivity contribution is 7.89. The number of aliphatic imine (C=N–C) groups is 1. The second-order valence-corrected chi connectivity index (χ2v) is 27.0. The molecule has 384 valence electrons. The summed E-state index contributed by atoms with van der Waals surface area (Å²) < 4.78 is 54.3. The minimum Gasteiger partial charge on any atom is -0.347 e. The maximum absolute atomic E-state index is 14.5. The van der Waals surface area contributed by atoms with Gasteiger partial charge < -0.3 is 26.2 Å². The predicted molar refractivity (Wildman–Crippen MR) is 258 cm³/mol. The lowest BCUT2D eigenvalue weighted by Gasteiger charge is -2.41. The van der Waals surface area contributed by atoms with Gasteiger partial charge in [-0.1, -0.05) is 92.9 Å². The Kier molecular flexibility index (Phi) is 16.7. The first kappa shape index (κ1) is 53.9. The van der Waals surface area contributed by atoms with Crippen LogP contribution in [0.5, 0.6) is 0 Å². The van der Waals surface area contributed by atoms with Gasteiger partial charge in [0.05, 0.1) is 28.6 Å². The summed E-state index contributed by atoms with van der Waals surface area (Å²) in [5.74, 6) is -2.54. The zero-order chi connectivity index (χ0) is 50.0. The molecule has 5 amide bonds. The number of likely N-dealkylation sites (tertiary alicyclic amines) is 1. The number of isocyanates is 1. The SMILES string of the molecule is CCCC[C@H](NC(=O)[C@@H]1[C@@H]2[C@H](CN1C(=O)[C@@H](NC(=O)NC1(CS(=O)(=O)N(C)C3CC3)CCCCC1)C(C)(C)C)C2(C)C)C(=O)C(=O)NC1CC1.CN(C1CC1)S(=O)(=O)CC1(N=C=O)CCCCC1. The van der Waals surface area contributed by atoms with Crippen molar-refractivity contribution in [1.82, 2.24) is 34.8 Å². The highest BCUT2D eigenvalue weighted by atomic mass is 32.2. The van der Waals surface area contributed by atoms with E-state index in [0.717, 1.165) is 83.5 Å². The Hall–Kier alpha value is -3.45. The number of piperidine rings is 1. The average molecular weight is 993 g/mol. The van der Waals surface area contributed by atoms with Crippen LogP contribution in [0, 0.1) is 22.7 Å². The quantitative estimate of drug-likeness (QED) is 0.0767. The Labute approximate surface area is 405 Å². The number of nitrogens with zero attached hydrogens (tertiary/aromatic N) is 4. The number of unbranched alkanes of at least 4 members (excludes halogenated alkanes) is 1. The largest absolute Gasteiger partial charge is 0.347 e. The number of sulfonamides is 2. The van der Waals surface area contributed by atoms with Crippen LogP contribution in [-0.4, -0.2) is 145 Å². The minimum atomic E-state index is -3.62. The Bertz CT molecular complexity index is 2150. The van der Waals surface area contributed by atoms with Crippen LogP contribution in [0.15, 0.2) is 4.99 Å². The number of ketones is 1. The van der Waals surface area contributed by atoms with E-state index in [4.69, 9.17) is 0 Å². The Morgan fingerprint density at radius 1 is 0.794 bits per heavy atom. The van der Waals surface area contributed by atoms with Crippen molar-refractivity contribution in [2.24, 2.45) is 27.7 Å². The van der Waals surface area contributed by atoms with Crippen LogP contribution in [0.1, 0.15) is 164 Å².